The quantitative estimate of drug-likeness (QED) is 0.930. The molecule has 5 heteroatoms. The minimum atomic E-state index is 0. The Bertz CT molecular complexity index is 392. The van der Waals surface area contributed by atoms with Gasteiger partial charge in [0.25, 0.3) is 5.91 Å². The van der Waals surface area contributed by atoms with Crippen LogP contribution in [0, 0.1) is 6.92 Å². The van der Waals surface area contributed by atoms with Crippen molar-refractivity contribution in [2.75, 3.05) is 13.1 Å². The van der Waals surface area contributed by atoms with E-state index in [0.29, 0.717) is 12.6 Å². The van der Waals surface area contributed by atoms with Crippen LogP contribution in [0.2, 0.25) is 0 Å². The highest BCUT2D eigenvalue weighted by atomic mass is 35.5. The van der Waals surface area contributed by atoms with Gasteiger partial charge < -0.3 is 10.6 Å². The maximum absolute atomic E-state index is 12.5. The smallest absolute Gasteiger partial charge is 0.255 e. The second-order valence-electron chi connectivity index (χ2n) is 4.69. The Morgan fingerprint density at radius 2 is 2.28 bits per heavy atom. The Balaban J connectivity index is 0.00000162. The fraction of sp³-hybridized carbons (Fsp3) is 0.615. The van der Waals surface area contributed by atoms with E-state index in [-0.39, 0.29) is 18.3 Å². The summed E-state index contributed by atoms with van der Waals surface area (Å²) in [6.45, 7) is 3.56. The Labute approximate surface area is 119 Å². The molecule has 0 aromatic carbocycles. The summed E-state index contributed by atoms with van der Waals surface area (Å²) in [6.07, 6.45) is 4.37. The van der Waals surface area contributed by atoms with Crippen molar-refractivity contribution >= 4 is 29.7 Å². The molecule has 1 aromatic rings. The van der Waals surface area contributed by atoms with E-state index < -0.39 is 0 Å². The van der Waals surface area contributed by atoms with Gasteiger partial charge in [-0.05, 0) is 50.1 Å². The van der Waals surface area contributed by atoms with E-state index in [9.17, 15) is 4.79 Å². The maximum atomic E-state index is 12.5. The van der Waals surface area contributed by atoms with Crippen LogP contribution in [0.25, 0.3) is 0 Å². The predicted octanol–water partition coefficient (Wildman–Crippen LogP) is 2.82. The van der Waals surface area contributed by atoms with E-state index in [1.54, 1.807) is 11.3 Å². The molecule has 0 bridgehead atoms. The first-order valence-corrected chi connectivity index (χ1v) is 7.22. The highest BCUT2D eigenvalue weighted by molar-refractivity contribution is 7.08. The number of nitrogens with zero attached hydrogens (tertiary/aromatic N) is 1. The predicted molar refractivity (Wildman–Crippen MR) is 78.7 cm³/mol. The first kappa shape index (κ1) is 15.5. The number of carbonyl (C=O) groups is 1. The molecule has 0 saturated carbocycles. The molecular weight excluding hydrogens is 268 g/mol. The molecule has 0 spiro atoms. The van der Waals surface area contributed by atoms with E-state index in [1.807, 2.05) is 22.6 Å². The molecule has 1 aromatic heterocycles. The molecule has 0 aliphatic carbocycles. The Hall–Kier alpha value is -0.580. The number of rotatable bonds is 3. The Morgan fingerprint density at radius 1 is 1.50 bits per heavy atom. The number of aryl methyl sites for hydroxylation is 1. The van der Waals surface area contributed by atoms with Crippen LogP contribution in [0.4, 0.5) is 0 Å². The normalized spacial score (nSPS) is 19.4. The molecule has 1 amide bonds. The zero-order chi connectivity index (χ0) is 12.3. The average molecular weight is 289 g/mol. The van der Waals surface area contributed by atoms with E-state index in [4.69, 9.17) is 5.73 Å². The number of amides is 1. The monoisotopic (exact) mass is 288 g/mol. The third-order valence-electron chi connectivity index (χ3n) is 3.47. The molecule has 1 unspecified atom stereocenters. The van der Waals surface area contributed by atoms with E-state index >= 15 is 0 Å². The molecule has 2 N–H and O–H groups in total. The SMILES string of the molecule is Cc1cscc1C(=O)N1CCCCC1CCN.Cl. The van der Waals surface area contributed by atoms with Gasteiger partial charge in [0.15, 0.2) is 0 Å². The second-order valence-corrected chi connectivity index (χ2v) is 5.44. The number of hydrogen-bond acceptors (Lipinski definition) is 3. The molecule has 1 atom stereocenters. The van der Waals surface area contributed by atoms with Crippen LogP contribution >= 0.6 is 23.7 Å². The molecule has 1 aliphatic rings. The minimum Gasteiger partial charge on any atom is -0.336 e. The maximum Gasteiger partial charge on any atom is 0.255 e. The molecule has 2 rings (SSSR count). The van der Waals surface area contributed by atoms with Crippen LogP contribution in [-0.4, -0.2) is 29.9 Å². The summed E-state index contributed by atoms with van der Waals surface area (Å²) < 4.78 is 0. The van der Waals surface area contributed by atoms with Gasteiger partial charge in [-0.25, -0.2) is 0 Å². The zero-order valence-corrected chi connectivity index (χ0v) is 12.4. The van der Waals surface area contributed by atoms with Crippen molar-refractivity contribution < 1.29 is 4.79 Å². The molecular formula is C13H21ClN2OS. The molecule has 102 valence electrons. The molecule has 1 aliphatic heterocycles. The lowest BCUT2D eigenvalue weighted by Gasteiger charge is -2.35. The standard InChI is InChI=1S/C13H20N2OS.ClH/c1-10-8-17-9-12(10)13(16)15-7-3-2-4-11(15)5-6-14;/h8-9,11H,2-7,14H2,1H3;1H. The number of piperidine rings is 1. The van der Waals surface area contributed by atoms with Gasteiger partial charge in [0.1, 0.15) is 0 Å². The van der Waals surface area contributed by atoms with E-state index in [1.165, 1.54) is 6.42 Å². The van der Waals surface area contributed by atoms with Gasteiger partial charge in [0, 0.05) is 18.0 Å². The van der Waals surface area contributed by atoms with Gasteiger partial charge in [-0.15, -0.1) is 12.4 Å². The number of hydrogen-bond donors (Lipinski definition) is 1. The van der Waals surface area contributed by atoms with Gasteiger partial charge in [0.2, 0.25) is 0 Å². The fourth-order valence-corrected chi connectivity index (χ4v) is 3.32. The summed E-state index contributed by atoms with van der Waals surface area (Å²) in [6, 6.07) is 0.348. The van der Waals surface area contributed by atoms with Crippen LogP contribution in [0.1, 0.15) is 41.6 Å². The van der Waals surface area contributed by atoms with Crippen LogP contribution in [0.15, 0.2) is 10.8 Å². The van der Waals surface area contributed by atoms with Crippen LogP contribution in [0.3, 0.4) is 0 Å². The molecule has 0 radical (unpaired) electrons. The van der Waals surface area contributed by atoms with Gasteiger partial charge >= 0.3 is 0 Å². The third-order valence-corrected chi connectivity index (χ3v) is 4.34. The first-order chi connectivity index (χ1) is 8.24. The van der Waals surface area contributed by atoms with Gasteiger partial charge in [-0.1, -0.05) is 0 Å². The number of nitrogens with two attached hydrogens (primary N) is 1. The van der Waals surface area contributed by atoms with Gasteiger partial charge in [-0.2, -0.15) is 11.3 Å². The van der Waals surface area contributed by atoms with Crippen LogP contribution in [0.5, 0.6) is 0 Å². The topological polar surface area (TPSA) is 46.3 Å². The largest absolute Gasteiger partial charge is 0.336 e. The highest BCUT2D eigenvalue weighted by Gasteiger charge is 2.27. The van der Waals surface area contributed by atoms with Crippen molar-refractivity contribution in [2.45, 2.75) is 38.6 Å². The highest BCUT2D eigenvalue weighted by Crippen LogP contribution is 2.24. The molecule has 3 nitrogen and oxygen atoms in total. The van der Waals surface area contributed by atoms with E-state index in [2.05, 4.69) is 0 Å². The molecule has 18 heavy (non-hydrogen) atoms. The fourth-order valence-electron chi connectivity index (χ4n) is 2.49. The number of halogens is 1. The van der Waals surface area contributed by atoms with Crippen molar-refractivity contribution in [3.63, 3.8) is 0 Å². The first-order valence-electron chi connectivity index (χ1n) is 6.28. The van der Waals surface area contributed by atoms with Crippen molar-refractivity contribution in [1.29, 1.82) is 0 Å². The number of likely N-dealkylation sites (tertiary alicyclic amines) is 1. The van der Waals surface area contributed by atoms with Crippen molar-refractivity contribution in [3.05, 3.63) is 21.9 Å². The Morgan fingerprint density at radius 3 is 2.89 bits per heavy atom. The summed E-state index contributed by atoms with van der Waals surface area (Å²) >= 11 is 1.60. The van der Waals surface area contributed by atoms with Gasteiger partial charge in [0.05, 0.1) is 5.56 Å². The lowest BCUT2D eigenvalue weighted by atomic mass is 9.98. The van der Waals surface area contributed by atoms with Crippen LogP contribution in [-0.2, 0) is 0 Å². The number of thiophene rings is 1. The Kier molecular flexibility index (Phi) is 6.12. The second kappa shape index (κ2) is 7.12. The van der Waals surface area contributed by atoms with Crippen molar-refractivity contribution in [2.24, 2.45) is 5.73 Å². The summed E-state index contributed by atoms with van der Waals surface area (Å²) in [5.41, 5.74) is 7.60. The summed E-state index contributed by atoms with van der Waals surface area (Å²) in [5, 5.41) is 4.00. The minimum absolute atomic E-state index is 0. The van der Waals surface area contributed by atoms with Crippen molar-refractivity contribution in [3.8, 4) is 0 Å². The van der Waals surface area contributed by atoms with Crippen LogP contribution < -0.4 is 5.73 Å². The number of carbonyl (C=O) groups excluding carboxylic acids is 1. The molecule has 1 fully saturated rings. The lowest BCUT2D eigenvalue weighted by Crippen LogP contribution is -2.44. The van der Waals surface area contributed by atoms with Gasteiger partial charge in [-0.3, -0.25) is 4.79 Å². The van der Waals surface area contributed by atoms with Crippen molar-refractivity contribution in [1.82, 2.24) is 4.90 Å². The molecule has 2 heterocycles. The summed E-state index contributed by atoms with van der Waals surface area (Å²) in [7, 11) is 0. The zero-order valence-electron chi connectivity index (χ0n) is 10.7. The lowest BCUT2D eigenvalue weighted by molar-refractivity contribution is 0.0605. The molecule has 1 saturated heterocycles. The summed E-state index contributed by atoms with van der Waals surface area (Å²) in [5.74, 6) is 0.196. The van der Waals surface area contributed by atoms with E-state index in [0.717, 1.165) is 36.9 Å². The average Bonchev–Trinajstić information content (AvgIpc) is 2.76. The third kappa shape index (κ3) is 3.25. The summed E-state index contributed by atoms with van der Waals surface area (Å²) in [4.78, 5) is 14.5.